The number of anilines is 1. The third-order valence-corrected chi connectivity index (χ3v) is 3.82. The molecule has 0 bridgehead atoms. The molecule has 0 saturated carbocycles. The molecule has 1 aliphatic rings. The van der Waals surface area contributed by atoms with Crippen molar-refractivity contribution in [2.24, 2.45) is 0 Å². The summed E-state index contributed by atoms with van der Waals surface area (Å²) < 4.78 is 0. The summed E-state index contributed by atoms with van der Waals surface area (Å²) >= 11 is 0. The molecule has 20 heavy (non-hydrogen) atoms. The van der Waals surface area contributed by atoms with Crippen molar-refractivity contribution in [3.05, 3.63) is 59.9 Å². The molecule has 0 aliphatic carbocycles. The molecule has 0 saturated heterocycles. The predicted molar refractivity (Wildman–Crippen MR) is 82.9 cm³/mol. The van der Waals surface area contributed by atoms with Gasteiger partial charge >= 0.3 is 0 Å². The minimum atomic E-state index is 0.892. The largest absolute Gasteiger partial charge is 0.370 e. The molecular formula is C17H21N3. The lowest BCUT2D eigenvalue weighted by Crippen LogP contribution is -2.35. The average Bonchev–Trinajstić information content (AvgIpc) is 2.53. The number of aryl methyl sites for hydroxylation is 1. The van der Waals surface area contributed by atoms with Gasteiger partial charge in [0, 0.05) is 44.3 Å². The summed E-state index contributed by atoms with van der Waals surface area (Å²) in [6.07, 6.45) is 6.22. The van der Waals surface area contributed by atoms with Crippen LogP contribution >= 0.6 is 0 Å². The van der Waals surface area contributed by atoms with Crippen LogP contribution < -0.4 is 10.2 Å². The average molecular weight is 267 g/mol. The van der Waals surface area contributed by atoms with Gasteiger partial charge in [-0.05, 0) is 36.1 Å². The number of benzene rings is 1. The van der Waals surface area contributed by atoms with Gasteiger partial charge in [-0.25, -0.2) is 0 Å². The van der Waals surface area contributed by atoms with Crippen molar-refractivity contribution < 1.29 is 0 Å². The van der Waals surface area contributed by atoms with Crippen LogP contribution in [0.3, 0.4) is 0 Å². The van der Waals surface area contributed by atoms with Gasteiger partial charge in [0.25, 0.3) is 0 Å². The first kappa shape index (κ1) is 13.1. The number of rotatable bonds is 5. The summed E-state index contributed by atoms with van der Waals surface area (Å²) in [6, 6.07) is 12.9. The van der Waals surface area contributed by atoms with Crippen molar-refractivity contribution in [2.45, 2.75) is 19.4 Å². The first-order valence-electron chi connectivity index (χ1n) is 7.36. The molecule has 0 amide bonds. The Morgan fingerprint density at radius 3 is 3.00 bits per heavy atom. The number of pyridine rings is 1. The monoisotopic (exact) mass is 267 g/mol. The number of nitrogens with one attached hydrogen (secondary N) is 1. The van der Waals surface area contributed by atoms with E-state index < -0.39 is 0 Å². The minimum absolute atomic E-state index is 0.892. The fourth-order valence-electron chi connectivity index (χ4n) is 2.79. The molecule has 2 aromatic rings. The predicted octanol–water partition coefficient (Wildman–Crippen LogP) is 2.62. The van der Waals surface area contributed by atoms with E-state index in [9.17, 15) is 0 Å². The smallest absolute Gasteiger partial charge is 0.0399 e. The number of para-hydroxylation sites is 1. The van der Waals surface area contributed by atoms with Crippen LogP contribution in [0.1, 0.15) is 17.5 Å². The van der Waals surface area contributed by atoms with Crippen LogP contribution in [0.2, 0.25) is 0 Å². The third-order valence-electron chi connectivity index (χ3n) is 3.82. The number of aromatic nitrogens is 1. The summed E-state index contributed by atoms with van der Waals surface area (Å²) in [5, 5.41) is 3.50. The Bertz CT molecular complexity index is 539. The van der Waals surface area contributed by atoms with Crippen molar-refractivity contribution >= 4 is 5.69 Å². The van der Waals surface area contributed by atoms with Crippen LogP contribution in [0.4, 0.5) is 5.69 Å². The Balaban J connectivity index is 1.50. The van der Waals surface area contributed by atoms with Crippen LogP contribution in [-0.2, 0) is 13.0 Å². The topological polar surface area (TPSA) is 28.2 Å². The number of hydrogen-bond acceptors (Lipinski definition) is 3. The second-order valence-corrected chi connectivity index (χ2v) is 5.26. The molecule has 1 aliphatic heterocycles. The van der Waals surface area contributed by atoms with Crippen molar-refractivity contribution in [1.82, 2.24) is 10.3 Å². The number of hydrogen-bond donors (Lipinski definition) is 1. The van der Waals surface area contributed by atoms with E-state index in [0.717, 1.165) is 19.6 Å². The van der Waals surface area contributed by atoms with Gasteiger partial charge in [0.05, 0.1) is 0 Å². The van der Waals surface area contributed by atoms with E-state index in [4.69, 9.17) is 0 Å². The molecule has 3 rings (SSSR count). The highest BCUT2D eigenvalue weighted by molar-refractivity contribution is 5.55. The van der Waals surface area contributed by atoms with Gasteiger partial charge in [-0.2, -0.15) is 0 Å². The van der Waals surface area contributed by atoms with E-state index in [-0.39, 0.29) is 0 Å². The molecule has 1 aromatic heterocycles. The van der Waals surface area contributed by atoms with Gasteiger partial charge in [0.1, 0.15) is 0 Å². The van der Waals surface area contributed by atoms with E-state index >= 15 is 0 Å². The van der Waals surface area contributed by atoms with Crippen molar-refractivity contribution in [1.29, 1.82) is 0 Å². The lowest BCUT2D eigenvalue weighted by Gasteiger charge is -2.31. The van der Waals surface area contributed by atoms with Gasteiger partial charge in [-0.3, -0.25) is 4.98 Å². The molecule has 0 spiro atoms. The van der Waals surface area contributed by atoms with Gasteiger partial charge in [-0.15, -0.1) is 0 Å². The normalized spacial score (nSPS) is 14.1. The highest BCUT2D eigenvalue weighted by Gasteiger charge is 2.15. The molecule has 1 aromatic carbocycles. The maximum atomic E-state index is 4.13. The molecule has 3 nitrogen and oxygen atoms in total. The highest BCUT2D eigenvalue weighted by atomic mass is 15.1. The first-order valence-corrected chi connectivity index (χ1v) is 7.36. The Morgan fingerprint density at radius 2 is 2.10 bits per heavy atom. The molecular weight excluding hydrogens is 246 g/mol. The quantitative estimate of drug-likeness (QED) is 0.844. The van der Waals surface area contributed by atoms with Crippen molar-refractivity contribution in [3.8, 4) is 0 Å². The lowest BCUT2D eigenvalue weighted by molar-refractivity contribution is 0.630. The van der Waals surface area contributed by atoms with Crippen LogP contribution in [0.5, 0.6) is 0 Å². The van der Waals surface area contributed by atoms with E-state index in [1.165, 1.54) is 36.2 Å². The first-order chi connectivity index (χ1) is 9.93. The second-order valence-electron chi connectivity index (χ2n) is 5.26. The Kier molecular flexibility index (Phi) is 4.28. The molecule has 104 valence electrons. The molecule has 0 radical (unpaired) electrons. The Morgan fingerprint density at radius 1 is 1.15 bits per heavy atom. The molecule has 0 unspecified atom stereocenters. The maximum Gasteiger partial charge on any atom is 0.0399 e. The SMILES string of the molecule is c1cncc(CNCCN2CCCc3ccccc32)c1. The van der Waals surface area contributed by atoms with Crippen LogP contribution in [0.15, 0.2) is 48.8 Å². The molecule has 0 atom stereocenters. The zero-order valence-corrected chi connectivity index (χ0v) is 11.8. The highest BCUT2D eigenvalue weighted by Crippen LogP contribution is 2.25. The lowest BCUT2D eigenvalue weighted by atomic mass is 10.0. The fraction of sp³-hybridized carbons (Fsp3) is 0.353. The summed E-state index contributed by atoms with van der Waals surface area (Å²) in [6.45, 7) is 4.13. The molecule has 3 heteroatoms. The van der Waals surface area contributed by atoms with Crippen LogP contribution in [0.25, 0.3) is 0 Å². The second kappa shape index (κ2) is 6.53. The Hall–Kier alpha value is -1.87. The Labute approximate surface area is 120 Å². The molecule has 0 fully saturated rings. The van der Waals surface area contributed by atoms with E-state index in [1.807, 2.05) is 18.5 Å². The zero-order chi connectivity index (χ0) is 13.6. The summed E-state index contributed by atoms with van der Waals surface area (Å²) in [7, 11) is 0. The molecule has 2 heterocycles. The summed E-state index contributed by atoms with van der Waals surface area (Å²) in [5.74, 6) is 0. The zero-order valence-electron chi connectivity index (χ0n) is 11.8. The van der Waals surface area contributed by atoms with Crippen molar-refractivity contribution in [2.75, 3.05) is 24.5 Å². The van der Waals surface area contributed by atoms with Gasteiger partial charge < -0.3 is 10.2 Å². The van der Waals surface area contributed by atoms with Crippen molar-refractivity contribution in [3.63, 3.8) is 0 Å². The maximum absolute atomic E-state index is 4.13. The summed E-state index contributed by atoms with van der Waals surface area (Å²) in [4.78, 5) is 6.63. The van der Waals surface area contributed by atoms with E-state index in [1.54, 1.807) is 0 Å². The van der Waals surface area contributed by atoms with Gasteiger partial charge in [-0.1, -0.05) is 24.3 Å². The third kappa shape index (κ3) is 3.17. The van der Waals surface area contributed by atoms with Crippen LogP contribution in [-0.4, -0.2) is 24.6 Å². The molecule has 1 N–H and O–H groups in total. The van der Waals surface area contributed by atoms with E-state index in [0.29, 0.717) is 0 Å². The summed E-state index contributed by atoms with van der Waals surface area (Å²) in [5.41, 5.74) is 4.15. The minimum Gasteiger partial charge on any atom is -0.370 e. The fourth-order valence-corrected chi connectivity index (χ4v) is 2.79. The van der Waals surface area contributed by atoms with Gasteiger partial charge in [0.2, 0.25) is 0 Å². The standard InChI is InChI=1S/C17H21N3/c1-2-8-17-16(6-1)7-4-11-20(17)12-10-19-14-15-5-3-9-18-13-15/h1-3,5-6,8-9,13,19H,4,7,10-12,14H2. The van der Waals surface area contributed by atoms with E-state index in [2.05, 4.69) is 45.5 Å². The number of fused-ring (bicyclic) bond motifs is 1. The van der Waals surface area contributed by atoms with Crippen LogP contribution in [0, 0.1) is 0 Å². The van der Waals surface area contributed by atoms with Gasteiger partial charge in [0.15, 0.2) is 0 Å². The number of nitrogens with zero attached hydrogens (tertiary/aromatic N) is 2.